The Kier molecular flexibility index (Phi) is 8.93. The quantitative estimate of drug-likeness (QED) is 0.288. The second-order valence-electron chi connectivity index (χ2n) is 9.42. The van der Waals surface area contributed by atoms with Crippen LogP contribution in [-0.2, 0) is 20.4 Å². The van der Waals surface area contributed by atoms with Gasteiger partial charge in [0.15, 0.2) is 6.04 Å². The Morgan fingerprint density at radius 3 is 1.74 bits per heavy atom. The van der Waals surface area contributed by atoms with E-state index in [0.717, 1.165) is 12.1 Å². The highest BCUT2D eigenvalue weighted by Crippen LogP contribution is 2.31. The lowest BCUT2D eigenvalue weighted by molar-refractivity contribution is -0.143. The highest BCUT2D eigenvalue weighted by molar-refractivity contribution is 6.13. The first-order valence-electron chi connectivity index (χ1n) is 11.8. The summed E-state index contributed by atoms with van der Waals surface area (Å²) in [4.78, 5) is 30.6. The number of hydrogen-bond donors (Lipinski definition) is 1. The summed E-state index contributed by atoms with van der Waals surface area (Å²) in [5.41, 5.74) is 0.294. The van der Waals surface area contributed by atoms with Gasteiger partial charge in [0.25, 0.3) is 0 Å². The number of carbonyl (C=O) groups excluding carboxylic acids is 2. The van der Waals surface area contributed by atoms with Gasteiger partial charge in [-0.05, 0) is 38.5 Å². The molecule has 0 unspecified atom stereocenters. The van der Waals surface area contributed by atoms with Crippen LogP contribution in [0.1, 0.15) is 49.1 Å². The Morgan fingerprint density at radius 1 is 0.816 bits per heavy atom. The highest BCUT2D eigenvalue weighted by Gasteiger charge is 2.35. The third-order valence-electron chi connectivity index (χ3n) is 5.39. The number of nitrogens with one attached hydrogen (secondary N) is 1. The molecule has 6 nitrogen and oxygen atoms in total. The summed E-state index contributed by atoms with van der Waals surface area (Å²) in [5, 5.41) is 2.62. The van der Waals surface area contributed by atoms with Crippen LogP contribution < -0.4 is 5.32 Å². The SMILES string of the molecule is COC(=O)[C@H](N=C(c1ccccc1)c1ccccc1)[C@@H](NC(=O)OC(C)(C)C)c1ccc(C(F)(F)F)cc1. The molecule has 9 heteroatoms. The molecule has 0 saturated carbocycles. The second-order valence-corrected chi connectivity index (χ2v) is 9.42. The van der Waals surface area contributed by atoms with Crippen LogP contribution in [-0.4, -0.2) is 36.5 Å². The Hall–Kier alpha value is -4.14. The normalized spacial score (nSPS) is 13.1. The minimum Gasteiger partial charge on any atom is -0.467 e. The molecule has 0 fully saturated rings. The molecule has 0 bridgehead atoms. The van der Waals surface area contributed by atoms with Gasteiger partial charge < -0.3 is 14.8 Å². The van der Waals surface area contributed by atoms with E-state index in [0.29, 0.717) is 16.8 Å². The first-order valence-corrected chi connectivity index (χ1v) is 11.8. The van der Waals surface area contributed by atoms with Gasteiger partial charge in [0.2, 0.25) is 0 Å². The van der Waals surface area contributed by atoms with Crippen molar-refractivity contribution in [3.05, 3.63) is 107 Å². The minimum absolute atomic E-state index is 0.212. The number of esters is 1. The fraction of sp³-hybridized carbons (Fsp3) is 0.276. The fourth-order valence-electron chi connectivity index (χ4n) is 3.69. The van der Waals surface area contributed by atoms with E-state index in [1.54, 1.807) is 20.8 Å². The zero-order valence-corrected chi connectivity index (χ0v) is 21.5. The molecule has 3 aromatic carbocycles. The number of alkyl halides is 3. The van der Waals surface area contributed by atoms with E-state index < -0.39 is 41.5 Å². The number of halogens is 3. The molecule has 200 valence electrons. The Bertz CT molecular complexity index is 1210. The molecule has 1 amide bonds. The van der Waals surface area contributed by atoms with Crippen molar-refractivity contribution in [2.75, 3.05) is 7.11 Å². The number of alkyl carbamates (subject to hydrolysis) is 1. The summed E-state index contributed by atoms with van der Waals surface area (Å²) in [5.74, 6) is -0.796. The van der Waals surface area contributed by atoms with Crippen molar-refractivity contribution in [2.24, 2.45) is 4.99 Å². The summed E-state index contributed by atoms with van der Waals surface area (Å²) in [6.45, 7) is 5.00. The molecule has 0 aliphatic carbocycles. The van der Waals surface area contributed by atoms with Crippen molar-refractivity contribution in [3.63, 3.8) is 0 Å². The number of methoxy groups -OCH3 is 1. The summed E-state index contributed by atoms with van der Waals surface area (Å²) in [6.07, 6.45) is -5.42. The van der Waals surface area contributed by atoms with Crippen molar-refractivity contribution in [1.29, 1.82) is 0 Å². The smallest absolute Gasteiger partial charge is 0.416 e. The topological polar surface area (TPSA) is 77.0 Å². The van der Waals surface area contributed by atoms with Crippen LogP contribution in [0.5, 0.6) is 0 Å². The van der Waals surface area contributed by atoms with Crippen LogP contribution in [0, 0.1) is 0 Å². The minimum atomic E-state index is -4.56. The molecule has 0 saturated heterocycles. The first-order chi connectivity index (χ1) is 17.9. The third kappa shape index (κ3) is 7.68. The van der Waals surface area contributed by atoms with Crippen molar-refractivity contribution in [1.82, 2.24) is 5.32 Å². The molecular weight excluding hydrogens is 497 g/mol. The molecule has 1 N–H and O–H groups in total. The van der Waals surface area contributed by atoms with E-state index in [2.05, 4.69) is 5.32 Å². The average Bonchev–Trinajstić information content (AvgIpc) is 2.87. The Balaban J connectivity index is 2.18. The lowest BCUT2D eigenvalue weighted by Gasteiger charge is -2.27. The van der Waals surface area contributed by atoms with Crippen LogP contribution in [0.2, 0.25) is 0 Å². The molecule has 3 rings (SSSR count). The van der Waals surface area contributed by atoms with E-state index in [1.165, 1.54) is 19.2 Å². The van der Waals surface area contributed by atoms with E-state index in [-0.39, 0.29) is 5.56 Å². The number of hydrogen-bond acceptors (Lipinski definition) is 5. The van der Waals surface area contributed by atoms with Crippen molar-refractivity contribution in [2.45, 2.75) is 44.6 Å². The molecular formula is C29H29F3N2O4. The van der Waals surface area contributed by atoms with Crippen LogP contribution in [0.25, 0.3) is 0 Å². The molecule has 0 aliphatic rings. The maximum Gasteiger partial charge on any atom is 0.416 e. The number of amides is 1. The van der Waals surface area contributed by atoms with E-state index in [4.69, 9.17) is 14.5 Å². The Labute approximate surface area is 219 Å². The van der Waals surface area contributed by atoms with Crippen LogP contribution >= 0.6 is 0 Å². The number of benzene rings is 3. The molecule has 0 aromatic heterocycles. The van der Waals surface area contributed by atoms with Crippen molar-refractivity contribution < 1.29 is 32.2 Å². The van der Waals surface area contributed by atoms with Gasteiger partial charge in [-0.3, -0.25) is 4.99 Å². The van der Waals surface area contributed by atoms with E-state index in [1.807, 2.05) is 60.7 Å². The summed E-state index contributed by atoms with van der Waals surface area (Å²) >= 11 is 0. The monoisotopic (exact) mass is 526 g/mol. The van der Waals surface area contributed by atoms with Crippen molar-refractivity contribution >= 4 is 17.8 Å². The van der Waals surface area contributed by atoms with E-state index in [9.17, 15) is 22.8 Å². The van der Waals surface area contributed by atoms with Gasteiger partial charge in [0.1, 0.15) is 5.60 Å². The number of aliphatic imine (C=N–C) groups is 1. The largest absolute Gasteiger partial charge is 0.467 e. The molecule has 3 aromatic rings. The number of carbonyl (C=O) groups is 2. The standard InChI is InChI=1S/C29H29F3N2O4/c1-28(2,3)38-27(36)34-24(21-15-17-22(18-16-21)29(30,31)32)25(26(35)37-4)33-23(19-11-7-5-8-12-19)20-13-9-6-10-14-20/h5-18,24-25H,1-4H3,(H,34,36)/t24-,25+/m0/s1. The lowest BCUT2D eigenvalue weighted by atomic mass is 9.96. The number of rotatable bonds is 7. The summed E-state index contributed by atoms with van der Waals surface area (Å²) in [6, 6.07) is 19.8. The van der Waals surface area contributed by atoms with Gasteiger partial charge in [0, 0.05) is 11.1 Å². The molecule has 0 spiro atoms. The molecule has 38 heavy (non-hydrogen) atoms. The highest BCUT2D eigenvalue weighted by atomic mass is 19.4. The summed E-state index contributed by atoms with van der Waals surface area (Å²) in [7, 11) is 1.17. The zero-order chi connectivity index (χ0) is 27.9. The number of nitrogens with zero attached hydrogens (tertiary/aromatic N) is 1. The maximum atomic E-state index is 13.2. The van der Waals surface area contributed by atoms with Crippen molar-refractivity contribution in [3.8, 4) is 0 Å². The predicted octanol–water partition coefficient (Wildman–Crippen LogP) is 6.35. The number of ether oxygens (including phenoxy) is 2. The van der Waals surface area contributed by atoms with Crippen LogP contribution in [0.15, 0.2) is 89.9 Å². The molecule has 0 heterocycles. The summed E-state index contributed by atoms with van der Waals surface area (Å²) < 4.78 is 50.1. The first kappa shape index (κ1) is 28.4. The van der Waals surface area contributed by atoms with Crippen LogP contribution in [0.4, 0.5) is 18.0 Å². The molecule has 2 atom stereocenters. The van der Waals surface area contributed by atoms with E-state index >= 15 is 0 Å². The zero-order valence-electron chi connectivity index (χ0n) is 21.5. The average molecular weight is 527 g/mol. The third-order valence-corrected chi connectivity index (χ3v) is 5.39. The van der Waals surface area contributed by atoms with Gasteiger partial charge >= 0.3 is 18.2 Å². The maximum absolute atomic E-state index is 13.2. The van der Waals surface area contributed by atoms with Gasteiger partial charge in [0.05, 0.1) is 24.4 Å². The lowest BCUT2D eigenvalue weighted by Crippen LogP contribution is -2.42. The van der Waals surface area contributed by atoms with Gasteiger partial charge in [-0.25, -0.2) is 9.59 Å². The predicted molar refractivity (Wildman–Crippen MR) is 138 cm³/mol. The van der Waals surface area contributed by atoms with Crippen LogP contribution in [0.3, 0.4) is 0 Å². The van der Waals surface area contributed by atoms with Gasteiger partial charge in [-0.2, -0.15) is 13.2 Å². The fourth-order valence-corrected chi connectivity index (χ4v) is 3.69. The van der Waals surface area contributed by atoms with Gasteiger partial charge in [-0.15, -0.1) is 0 Å². The van der Waals surface area contributed by atoms with Gasteiger partial charge in [-0.1, -0.05) is 72.8 Å². The molecule has 0 aliphatic heterocycles. The molecule has 0 radical (unpaired) electrons. The Morgan fingerprint density at radius 2 is 1.32 bits per heavy atom. The second kappa shape index (κ2) is 11.9.